The van der Waals surface area contributed by atoms with Crippen LogP contribution in [0.1, 0.15) is 5.56 Å². The van der Waals surface area contributed by atoms with Crippen LogP contribution in [-0.2, 0) is 16.4 Å². The maximum Gasteiger partial charge on any atom is 0.501 e. The van der Waals surface area contributed by atoms with Gasteiger partial charge in [0.15, 0.2) is 0 Å². The number of sulfone groups is 1. The molecule has 0 atom stereocenters. The van der Waals surface area contributed by atoms with E-state index in [0.29, 0.717) is 6.07 Å². The van der Waals surface area contributed by atoms with Crippen LogP contribution in [0.15, 0.2) is 41.4 Å². The minimum absolute atomic E-state index is 0.0813. The largest absolute Gasteiger partial charge is 0.501 e. The molecule has 0 fully saturated rings. The fourth-order valence-corrected chi connectivity index (χ4v) is 3.29. The van der Waals surface area contributed by atoms with Crippen LogP contribution in [0.2, 0.25) is 0 Å². The number of hydrogen-bond acceptors (Lipinski definition) is 4. The van der Waals surface area contributed by atoms with Gasteiger partial charge in [0, 0.05) is 29.2 Å². The van der Waals surface area contributed by atoms with Crippen molar-refractivity contribution in [3.63, 3.8) is 0 Å². The van der Waals surface area contributed by atoms with Crippen molar-refractivity contribution in [1.29, 1.82) is 0 Å². The van der Waals surface area contributed by atoms with Crippen molar-refractivity contribution in [2.24, 2.45) is 0 Å². The van der Waals surface area contributed by atoms with Crippen LogP contribution < -0.4 is 5.32 Å². The first-order chi connectivity index (χ1) is 12.1. The monoisotopic (exact) mass is 391 g/mol. The normalized spacial score (nSPS) is 12.5. The number of aromatic amines is 1. The Bertz CT molecular complexity index is 1080. The third-order valence-electron chi connectivity index (χ3n) is 3.66. The van der Waals surface area contributed by atoms with Gasteiger partial charge in [0.1, 0.15) is 16.5 Å². The predicted octanol–water partition coefficient (Wildman–Crippen LogP) is 3.75. The lowest BCUT2D eigenvalue weighted by Gasteiger charge is -2.12. The van der Waals surface area contributed by atoms with Crippen molar-refractivity contribution in [1.82, 2.24) is 10.2 Å². The predicted molar refractivity (Wildman–Crippen MR) is 83.0 cm³/mol. The second-order valence-corrected chi connectivity index (χ2v) is 7.22. The van der Waals surface area contributed by atoms with Gasteiger partial charge >= 0.3 is 5.51 Å². The Morgan fingerprint density at radius 3 is 2.50 bits per heavy atom. The summed E-state index contributed by atoms with van der Waals surface area (Å²) in [4.78, 5) is -0.962. The molecule has 2 N–H and O–H groups in total. The van der Waals surface area contributed by atoms with E-state index in [4.69, 9.17) is 0 Å². The summed E-state index contributed by atoms with van der Waals surface area (Å²) >= 11 is 0. The number of halogens is 5. The van der Waals surface area contributed by atoms with Crippen molar-refractivity contribution in [3.8, 4) is 0 Å². The van der Waals surface area contributed by atoms with Crippen molar-refractivity contribution in [3.05, 3.63) is 53.7 Å². The smallest absolute Gasteiger partial charge is 0.380 e. The minimum Gasteiger partial charge on any atom is -0.380 e. The van der Waals surface area contributed by atoms with Crippen LogP contribution in [0.5, 0.6) is 0 Å². The topological polar surface area (TPSA) is 74.8 Å². The number of H-pyrrole nitrogens is 1. The van der Waals surface area contributed by atoms with E-state index in [1.165, 1.54) is 6.07 Å². The molecule has 3 aromatic rings. The van der Waals surface area contributed by atoms with Gasteiger partial charge < -0.3 is 5.32 Å². The highest BCUT2D eigenvalue weighted by molar-refractivity contribution is 7.92. The molecule has 138 valence electrons. The van der Waals surface area contributed by atoms with Gasteiger partial charge in [0.25, 0.3) is 9.84 Å². The van der Waals surface area contributed by atoms with Crippen LogP contribution in [0, 0.1) is 11.6 Å². The molecule has 1 aromatic heterocycles. The zero-order valence-corrected chi connectivity index (χ0v) is 13.5. The minimum atomic E-state index is -5.57. The molecule has 0 aliphatic carbocycles. The SMILES string of the molecule is O=S(=O)(c1ccc(NCc2ccc(F)cc2F)c2cn[nH]c12)C(F)(F)F. The molecule has 26 heavy (non-hydrogen) atoms. The Balaban J connectivity index is 1.97. The molecule has 0 unspecified atom stereocenters. The molecule has 0 aliphatic rings. The number of benzene rings is 2. The number of hydrogen-bond donors (Lipinski definition) is 2. The first-order valence-corrected chi connectivity index (χ1v) is 8.55. The van der Waals surface area contributed by atoms with E-state index in [1.54, 1.807) is 0 Å². The van der Waals surface area contributed by atoms with E-state index < -0.39 is 31.9 Å². The molecule has 5 nitrogen and oxygen atoms in total. The third-order valence-corrected chi connectivity index (χ3v) is 5.18. The van der Waals surface area contributed by atoms with Gasteiger partial charge in [-0.1, -0.05) is 6.07 Å². The maximum atomic E-state index is 13.7. The summed E-state index contributed by atoms with van der Waals surface area (Å²) in [5.74, 6) is -1.54. The zero-order chi connectivity index (χ0) is 19.1. The summed E-state index contributed by atoms with van der Waals surface area (Å²) < 4.78 is 88.2. The molecule has 0 radical (unpaired) electrons. The van der Waals surface area contributed by atoms with Gasteiger partial charge in [-0.15, -0.1) is 0 Å². The molecule has 0 saturated carbocycles. The maximum absolute atomic E-state index is 13.7. The van der Waals surface area contributed by atoms with Crippen molar-refractivity contribution < 1.29 is 30.4 Å². The third kappa shape index (κ3) is 3.09. The molecule has 0 saturated heterocycles. The highest BCUT2D eigenvalue weighted by Crippen LogP contribution is 2.36. The van der Waals surface area contributed by atoms with Gasteiger partial charge in [0.05, 0.1) is 11.7 Å². The van der Waals surface area contributed by atoms with Gasteiger partial charge in [-0.2, -0.15) is 18.3 Å². The number of nitrogens with one attached hydrogen (secondary N) is 2. The molecule has 2 aromatic carbocycles. The zero-order valence-electron chi connectivity index (χ0n) is 12.7. The molecule has 0 amide bonds. The Kier molecular flexibility index (Phi) is 4.34. The lowest BCUT2D eigenvalue weighted by Crippen LogP contribution is -2.23. The summed E-state index contributed by atoms with van der Waals surface area (Å²) in [5.41, 5.74) is -5.43. The second kappa shape index (κ2) is 6.24. The molecule has 0 bridgehead atoms. The van der Waals surface area contributed by atoms with Crippen LogP contribution in [-0.4, -0.2) is 24.1 Å². The molecule has 0 aliphatic heterocycles. The standard InChI is InChI=1S/C15H10F5N3O2S/c16-9-2-1-8(11(17)5-9)6-21-12-3-4-13(14-10(12)7-22-23-14)26(24,25)15(18,19)20/h1-5,7,21H,6H2,(H,22,23). The number of fused-ring (bicyclic) bond motifs is 1. The summed E-state index contributed by atoms with van der Waals surface area (Å²) in [7, 11) is -5.57. The molecule has 0 spiro atoms. The summed E-state index contributed by atoms with van der Waals surface area (Å²) in [6.45, 7) is -0.0994. The first kappa shape index (κ1) is 18.1. The van der Waals surface area contributed by atoms with E-state index in [9.17, 15) is 30.4 Å². The fourth-order valence-electron chi connectivity index (χ4n) is 2.37. The average molecular weight is 391 g/mol. The Morgan fingerprint density at radius 2 is 1.85 bits per heavy atom. The number of aromatic nitrogens is 2. The van der Waals surface area contributed by atoms with E-state index in [1.807, 2.05) is 0 Å². The van der Waals surface area contributed by atoms with E-state index >= 15 is 0 Å². The number of anilines is 1. The van der Waals surface area contributed by atoms with Gasteiger partial charge in [-0.3, -0.25) is 5.10 Å². The van der Waals surface area contributed by atoms with Gasteiger partial charge in [0.2, 0.25) is 0 Å². The highest BCUT2D eigenvalue weighted by Gasteiger charge is 2.48. The number of alkyl halides is 3. The fraction of sp³-hybridized carbons (Fsp3) is 0.133. The number of rotatable bonds is 4. The van der Waals surface area contributed by atoms with Gasteiger partial charge in [-0.25, -0.2) is 17.2 Å². The summed E-state index contributed by atoms with van der Waals surface area (Å²) in [6, 6.07) is 4.88. The molecule has 11 heteroatoms. The lowest BCUT2D eigenvalue weighted by molar-refractivity contribution is -0.0435. The quantitative estimate of drug-likeness (QED) is 0.665. The van der Waals surface area contributed by atoms with Crippen molar-refractivity contribution in [2.75, 3.05) is 5.32 Å². The van der Waals surface area contributed by atoms with E-state index in [-0.39, 0.29) is 28.7 Å². The summed E-state index contributed by atoms with van der Waals surface area (Å²) in [6.07, 6.45) is 1.15. The molecular formula is C15H10F5N3O2S. The molecule has 3 rings (SSSR count). The van der Waals surface area contributed by atoms with E-state index in [0.717, 1.165) is 24.4 Å². The average Bonchev–Trinajstić information content (AvgIpc) is 3.02. The first-order valence-electron chi connectivity index (χ1n) is 7.06. The molecular weight excluding hydrogens is 381 g/mol. The van der Waals surface area contributed by atoms with Crippen molar-refractivity contribution in [2.45, 2.75) is 16.9 Å². The highest BCUT2D eigenvalue weighted by atomic mass is 32.2. The van der Waals surface area contributed by atoms with Crippen LogP contribution in [0.4, 0.5) is 27.6 Å². The molecule has 1 heterocycles. The Hall–Kier alpha value is -2.69. The van der Waals surface area contributed by atoms with Gasteiger partial charge in [-0.05, 0) is 18.2 Å². The Labute approximate surface area is 143 Å². The van der Waals surface area contributed by atoms with Crippen LogP contribution >= 0.6 is 0 Å². The number of nitrogens with zero attached hydrogens (tertiary/aromatic N) is 1. The summed E-state index contributed by atoms with van der Waals surface area (Å²) in [5, 5.41) is 8.66. The second-order valence-electron chi connectivity index (χ2n) is 5.31. The van der Waals surface area contributed by atoms with E-state index in [2.05, 4.69) is 15.5 Å². The van der Waals surface area contributed by atoms with Crippen LogP contribution in [0.3, 0.4) is 0 Å². The van der Waals surface area contributed by atoms with Crippen LogP contribution in [0.25, 0.3) is 10.9 Å². The Morgan fingerprint density at radius 1 is 1.12 bits per heavy atom. The lowest BCUT2D eigenvalue weighted by atomic mass is 10.2. The van der Waals surface area contributed by atoms with Crippen molar-refractivity contribution >= 4 is 26.4 Å².